The summed E-state index contributed by atoms with van der Waals surface area (Å²) in [4.78, 5) is 12.0. The van der Waals surface area contributed by atoms with Crippen LogP contribution in [-0.4, -0.2) is 25.2 Å². The van der Waals surface area contributed by atoms with E-state index in [2.05, 4.69) is 21.2 Å². The van der Waals surface area contributed by atoms with Crippen LogP contribution in [0.1, 0.15) is 23.2 Å². The minimum Gasteiger partial charge on any atom is -0.398 e. The molecule has 1 amide bonds. The Morgan fingerprint density at radius 1 is 1.41 bits per heavy atom. The number of amides is 1. The summed E-state index contributed by atoms with van der Waals surface area (Å²) in [7, 11) is 0. The molecule has 0 aromatic heterocycles. The summed E-state index contributed by atoms with van der Waals surface area (Å²) in [5, 5.41) is 3.00. The highest BCUT2D eigenvalue weighted by molar-refractivity contribution is 9.10. The number of benzene rings is 1. The van der Waals surface area contributed by atoms with Gasteiger partial charge < -0.3 is 15.8 Å². The third-order valence-electron chi connectivity index (χ3n) is 2.83. The fourth-order valence-corrected chi connectivity index (χ4v) is 2.27. The zero-order chi connectivity index (χ0) is 12.3. The summed E-state index contributed by atoms with van der Waals surface area (Å²) in [6, 6.07) is 5.49. The average Bonchev–Trinajstić information content (AvgIpc) is 2.34. The Hall–Kier alpha value is -1.07. The van der Waals surface area contributed by atoms with Crippen LogP contribution in [0.5, 0.6) is 0 Å². The van der Waals surface area contributed by atoms with Gasteiger partial charge in [0.1, 0.15) is 0 Å². The van der Waals surface area contributed by atoms with E-state index in [1.165, 1.54) is 0 Å². The molecular weight excluding hydrogens is 284 g/mol. The highest BCUT2D eigenvalue weighted by atomic mass is 79.9. The van der Waals surface area contributed by atoms with E-state index in [9.17, 15) is 4.79 Å². The van der Waals surface area contributed by atoms with Crippen LogP contribution in [0.2, 0.25) is 0 Å². The summed E-state index contributed by atoms with van der Waals surface area (Å²) in [5.41, 5.74) is 6.90. The lowest BCUT2D eigenvalue weighted by atomic mass is 10.1. The van der Waals surface area contributed by atoms with Crippen LogP contribution in [0.25, 0.3) is 0 Å². The highest BCUT2D eigenvalue weighted by Gasteiger charge is 2.18. The molecule has 1 aromatic carbocycles. The molecule has 17 heavy (non-hydrogen) atoms. The zero-order valence-electron chi connectivity index (χ0n) is 9.41. The quantitative estimate of drug-likeness (QED) is 0.820. The van der Waals surface area contributed by atoms with Gasteiger partial charge in [-0.05, 0) is 40.9 Å². The maximum absolute atomic E-state index is 12.0. The second-order valence-electron chi connectivity index (χ2n) is 4.07. The average molecular weight is 299 g/mol. The molecular formula is C12H15BrN2O2. The number of nitrogens with one attached hydrogen (secondary N) is 1. The van der Waals surface area contributed by atoms with Crippen molar-refractivity contribution >= 4 is 27.5 Å². The van der Waals surface area contributed by atoms with E-state index >= 15 is 0 Å². The minimum absolute atomic E-state index is 0.0870. The zero-order valence-corrected chi connectivity index (χ0v) is 11.0. The Labute approximate surface area is 109 Å². The van der Waals surface area contributed by atoms with E-state index < -0.39 is 0 Å². The number of halogens is 1. The lowest BCUT2D eigenvalue weighted by Crippen LogP contribution is -2.39. The minimum atomic E-state index is -0.0870. The van der Waals surface area contributed by atoms with Crippen molar-refractivity contribution in [2.75, 3.05) is 18.9 Å². The SMILES string of the molecule is Nc1cccc(C(=O)NC2CCOCC2)c1Br. The number of anilines is 1. The Kier molecular flexibility index (Phi) is 4.02. The van der Waals surface area contributed by atoms with Gasteiger partial charge in [-0.1, -0.05) is 6.07 Å². The summed E-state index contributed by atoms with van der Waals surface area (Å²) in [5.74, 6) is -0.0870. The molecule has 92 valence electrons. The van der Waals surface area contributed by atoms with E-state index in [-0.39, 0.29) is 11.9 Å². The number of carbonyl (C=O) groups excluding carboxylic acids is 1. The van der Waals surface area contributed by atoms with E-state index in [0.29, 0.717) is 28.9 Å². The Morgan fingerprint density at radius 3 is 2.82 bits per heavy atom. The van der Waals surface area contributed by atoms with Gasteiger partial charge in [-0.15, -0.1) is 0 Å². The normalized spacial score (nSPS) is 16.8. The predicted octanol–water partition coefficient (Wildman–Crippen LogP) is 1.94. The second-order valence-corrected chi connectivity index (χ2v) is 4.86. The monoisotopic (exact) mass is 298 g/mol. The summed E-state index contributed by atoms with van der Waals surface area (Å²) in [6.45, 7) is 1.42. The van der Waals surface area contributed by atoms with Crippen LogP contribution >= 0.6 is 15.9 Å². The second kappa shape index (κ2) is 5.51. The highest BCUT2D eigenvalue weighted by Crippen LogP contribution is 2.23. The molecule has 1 aliphatic heterocycles. The van der Waals surface area contributed by atoms with Crippen molar-refractivity contribution in [3.05, 3.63) is 28.2 Å². The summed E-state index contributed by atoms with van der Waals surface area (Å²) in [6.07, 6.45) is 1.73. The Morgan fingerprint density at radius 2 is 2.12 bits per heavy atom. The van der Waals surface area contributed by atoms with Crippen molar-refractivity contribution in [1.29, 1.82) is 0 Å². The first-order chi connectivity index (χ1) is 8.18. The molecule has 0 unspecified atom stereocenters. The van der Waals surface area contributed by atoms with Gasteiger partial charge in [-0.25, -0.2) is 0 Å². The lowest BCUT2D eigenvalue weighted by Gasteiger charge is -2.23. The first-order valence-corrected chi connectivity index (χ1v) is 6.40. The van der Waals surface area contributed by atoms with E-state index in [4.69, 9.17) is 10.5 Å². The molecule has 1 aromatic rings. The fourth-order valence-electron chi connectivity index (χ4n) is 1.83. The number of carbonyl (C=O) groups is 1. The molecule has 0 bridgehead atoms. The Balaban J connectivity index is 2.06. The molecule has 1 fully saturated rings. The fraction of sp³-hybridized carbons (Fsp3) is 0.417. The first-order valence-electron chi connectivity index (χ1n) is 5.61. The largest absolute Gasteiger partial charge is 0.398 e. The summed E-state index contributed by atoms with van der Waals surface area (Å²) >= 11 is 3.34. The maximum Gasteiger partial charge on any atom is 0.252 e. The van der Waals surface area contributed by atoms with Gasteiger partial charge in [0.05, 0.1) is 10.0 Å². The number of hydrogen-bond donors (Lipinski definition) is 2. The molecule has 3 N–H and O–H groups in total. The first kappa shape index (κ1) is 12.4. The van der Waals surface area contributed by atoms with Gasteiger partial charge in [0.25, 0.3) is 5.91 Å². The smallest absolute Gasteiger partial charge is 0.252 e. The van der Waals surface area contributed by atoms with E-state index in [0.717, 1.165) is 12.8 Å². The van der Waals surface area contributed by atoms with Crippen molar-refractivity contribution in [1.82, 2.24) is 5.32 Å². The van der Waals surface area contributed by atoms with Crippen LogP contribution in [0.15, 0.2) is 22.7 Å². The maximum atomic E-state index is 12.0. The van der Waals surface area contributed by atoms with Crippen molar-refractivity contribution in [3.63, 3.8) is 0 Å². The topological polar surface area (TPSA) is 64.4 Å². The number of nitrogen functional groups attached to an aromatic ring is 1. The van der Waals surface area contributed by atoms with E-state index in [1.54, 1.807) is 18.2 Å². The number of nitrogens with two attached hydrogens (primary N) is 1. The van der Waals surface area contributed by atoms with Crippen molar-refractivity contribution in [3.8, 4) is 0 Å². The van der Waals surface area contributed by atoms with Gasteiger partial charge >= 0.3 is 0 Å². The van der Waals surface area contributed by atoms with Crippen LogP contribution in [0.4, 0.5) is 5.69 Å². The number of ether oxygens (including phenoxy) is 1. The van der Waals surface area contributed by atoms with Crippen LogP contribution in [-0.2, 0) is 4.74 Å². The molecule has 4 nitrogen and oxygen atoms in total. The lowest BCUT2D eigenvalue weighted by molar-refractivity contribution is 0.0696. The Bertz CT molecular complexity index is 417. The van der Waals surface area contributed by atoms with Gasteiger partial charge in [-0.3, -0.25) is 4.79 Å². The van der Waals surface area contributed by atoms with Gasteiger partial charge in [0, 0.05) is 24.9 Å². The predicted molar refractivity (Wildman–Crippen MR) is 69.9 cm³/mol. The third kappa shape index (κ3) is 2.98. The molecule has 1 saturated heterocycles. The number of rotatable bonds is 2. The molecule has 0 radical (unpaired) electrons. The molecule has 5 heteroatoms. The van der Waals surface area contributed by atoms with Crippen molar-refractivity contribution in [2.24, 2.45) is 0 Å². The molecule has 0 saturated carbocycles. The third-order valence-corrected chi connectivity index (χ3v) is 3.71. The molecule has 0 aliphatic carbocycles. The molecule has 0 spiro atoms. The van der Waals surface area contributed by atoms with Gasteiger partial charge in [0.2, 0.25) is 0 Å². The molecule has 0 atom stereocenters. The molecule has 1 heterocycles. The van der Waals surface area contributed by atoms with Gasteiger partial charge in [-0.2, -0.15) is 0 Å². The van der Waals surface area contributed by atoms with Crippen LogP contribution < -0.4 is 11.1 Å². The summed E-state index contributed by atoms with van der Waals surface area (Å²) < 4.78 is 5.91. The molecule has 1 aliphatic rings. The van der Waals surface area contributed by atoms with Crippen LogP contribution in [0.3, 0.4) is 0 Å². The van der Waals surface area contributed by atoms with Crippen LogP contribution in [0, 0.1) is 0 Å². The van der Waals surface area contributed by atoms with E-state index in [1.807, 2.05) is 0 Å². The molecule has 2 rings (SSSR count). The van der Waals surface area contributed by atoms with Crippen molar-refractivity contribution < 1.29 is 9.53 Å². The van der Waals surface area contributed by atoms with Gasteiger partial charge in [0.15, 0.2) is 0 Å². The number of hydrogen-bond acceptors (Lipinski definition) is 3. The standard InChI is InChI=1S/C12H15BrN2O2/c13-11-9(2-1-3-10(11)14)12(16)15-8-4-6-17-7-5-8/h1-3,8H,4-7,14H2,(H,15,16). The van der Waals surface area contributed by atoms with Crippen molar-refractivity contribution in [2.45, 2.75) is 18.9 Å².